The predicted octanol–water partition coefficient (Wildman–Crippen LogP) is 0.715. The summed E-state index contributed by atoms with van der Waals surface area (Å²) in [7, 11) is -0.241. The van der Waals surface area contributed by atoms with E-state index in [2.05, 4.69) is 4.98 Å². The maximum absolute atomic E-state index is 12.8. The summed E-state index contributed by atoms with van der Waals surface area (Å²) >= 11 is 0. The molecule has 0 saturated carbocycles. The lowest BCUT2D eigenvalue weighted by Crippen LogP contribution is -2.37. The molecule has 1 amide bonds. The number of likely N-dealkylation sites (tertiary alicyclic amines) is 1. The van der Waals surface area contributed by atoms with E-state index in [0.717, 1.165) is 38.1 Å². The molecule has 0 aromatic carbocycles. The van der Waals surface area contributed by atoms with Gasteiger partial charge in [0.15, 0.2) is 0 Å². The Labute approximate surface area is 137 Å². The lowest BCUT2D eigenvalue weighted by Gasteiger charge is -2.19. The van der Waals surface area contributed by atoms with Gasteiger partial charge in [-0.25, -0.2) is 17.7 Å². The predicted molar refractivity (Wildman–Crippen MR) is 86.7 cm³/mol. The number of nitrogens with zero attached hydrogens (tertiary/aromatic N) is 4. The summed E-state index contributed by atoms with van der Waals surface area (Å²) in [4.78, 5) is 18.8. The standard InChI is InChI=1S/C15H24N4O3S/c1-17(2)23(21,22)12-7-9-18(11-12)15(20)13-10-16-14-6-4-3-5-8-19(13)14/h10,12H,3-9,11H2,1-2H3. The van der Waals surface area contributed by atoms with Crippen LogP contribution in [-0.2, 0) is 23.0 Å². The van der Waals surface area contributed by atoms with Gasteiger partial charge in [-0.2, -0.15) is 0 Å². The second-order valence-corrected chi connectivity index (χ2v) is 8.94. The van der Waals surface area contributed by atoms with Crippen LogP contribution in [0.4, 0.5) is 0 Å². The molecule has 1 saturated heterocycles. The van der Waals surface area contributed by atoms with Gasteiger partial charge in [0, 0.05) is 40.2 Å². The number of carbonyl (C=O) groups is 1. The zero-order chi connectivity index (χ0) is 16.6. The highest BCUT2D eigenvalue weighted by Gasteiger charge is 2.37. The highest BCUT2D eigenvalue weighted by atomic mass is 32.2. The lowest BCUT2D eigenvalue weighted by molar-refractivity contribution is 0.0782. The minimum absolute atomic E-state index is 0.0953. The number of fused-ring (bicyclic) bond motifs is 1. The fourth-order valence-electron chi connectivity index (χ4n) is 3.38. The SMILES string of the molecule is CN(C)S(=O)(=O)C1CCN(C(=O)c2cnc3n2CCCCC3)C1. The second-order valence-electron chi connectivity index (χ2n) is 6.51. The maximum atomic E-state index is 12.8. The summed E-state index contributed by atoms with van der Waals surface area (Å²) in [6, 6.07) is 0. The van der Waals surface area contributed by atoms with E-state index in [1.807, 2.05) is 4.57 Å². The fraction of sp³-hybridized carbons (Fsp3) is 0.733. The molecule has 7 nitrogen and oxygen atoms in total. The molecular weight excluding hydrogens is 316 g/mol. The Morgan fingerprint density at radius 1 is 1.26 bits per heavy atom. The molecule has 1 aromatic rings. The van der Waals surface area contributed by atoms with Gasteiger partial charge in [0.25, 0.3) is 5.91 Å². The van der Waals surface area contributed by atoms with Crippen LogP contribution in [0.5, 0.6) is 0 Å². The van der Waals surface area contributed by atoms with E-state index >= 15 is 0 Å². The number of carbonyl (C=O) groups excluding carboxylic acids is 1. The Kier molecular flexibility index (Phi) is 4.46. The fourth-order valence-corrected chi connectivity index (χ4v) is 4.75. The van der Waals surface area contributed by atoms with Gasteiger partial charge in [-0.15, -0.1) is 0 Å². The third-order valence-corrected chi connectivity index (χ3v) is 7.05. The Balaban J connectivity index is 1.77. The molecule has 2 aliphatic heterocycles. The number of aryl methyl sites for hydroxylation is 1. The third kappa shape index (κ3) is 3.01. The van der Waals surface area contributed by atoms with Gasteiger partial charge in [-0.1, -0.05) is 6.42 Å². The Morgan fingerprint density at radius 3 is 2.78 bits per heavy atom. The van der Waals surface area contributed by atoms with Gasteiger partial charge in [0.2, 0.25) is 10.0 Å². The van der Waals surface area contributed by atoms with Crippen molar-refractivity contribution in [2.75, 3.05) is 27.2 Å². The van der Waals surface area contributed by atoms with Crippen LogP contribution >= 0.6 is 0 Å². The van der Waals surface area contributed by atoms with Crippen molar-refractivity contribution in [3.8, 4) is 0 Å². The van der Waals surface area contributed by atoms with Crippen molar-refractivity contribution in [3.05, 3.63) is 17.7 Å². The van der Waals surface area contributed by atoms with Crippen LogP contribution in [0.15, 0.2) is 6.20 Å². The Hall–Kier alpha value is -1.41. The molecule has 0 N–H and O–H groups in total. The summed E-state index contributed by atoms with van der Waals surface area (Å²) in [6.45, 7) is 1.57. The van der Waals surface area contributed by atoms with Gasteiger partial charge in [-0.05, 0) is 19.3 Å². The Bertz CT molecular complexity index is 696. The normalized spacial score (nSPS) is 22.2. The molecule has 0 radical (unpaired) electrons. The molecule has 1 aromatic heterocycles. The van der Waals surface area contributed by atoms with E-state index in [1.54, 1.807) is 11.1 Å². The van der Waals surface area contributed by atoms with E-state index in [-0.39, 0.29) is 12.5 Å². The molecule has 0 spiro atoms. The molecule has 23 heavy (non-hydrogen) atoms. The van der Waals surface area contributed by atoms with Gasteiger partial charge >= 0.3 is 0 Å². The molecule has 1 unspecified atom stereocenters. The molecule has 0 bridgehead atoms. The lowest BCUT2D eigenvalue weighted by atomic mass is 10.2. The highest BCUT2D eigenvalue weighted by molar-refractivity contribution is 7.89. The maximum Gasteiger partial charge on any atom is 0.272 e. The van der Waals surface area contributed by atoms with Crippen molar-refractivity contribution < 1.29 is 13.2 Å². The smallest absolute Gasteiger partial charge is 0.272 e. The molecular formula is C15H24N4O3S. The van der Waals surface area contributed by atoms with E-state index in [1.165, 1.54) is 18.4 Å². The number of hydrogen-bond acceptors (Lipinski definition) is 4. The van der Waals surface area contributed by atoms with E-state index in [0.29, 0.717) is 18.7 Å². The average Bonchev–Trinajstić information content (AvgIpc) is 3.09. The van der Waals surface area contributed by atoms with E-state index in [9.17, 15) is 13.2 Å². The van der Waals surface area contributed by atoms with E-state index in [4.69, 9.17) is 0 Å². The van der Waals surface area contributed by atoms with Crippen molar-refractivity contribution in [3.63, 3.8) is 0 Å². The van der Waals surface area contributed by atoms with Crippen LogP contribution in [0.25, 0.3) is 0 Å². The van der Waals surface area contributed by atoms with Crippen LogP contribution in [0.3, 0.4) is 0 Å². The van der Waals surface area contributed by atoms with Gasteiger partial charge in [-0.3, -0.25) is 4.79 Å². The number of amides is 1. The first-order chi connectivity index (χ1) is 10.9. The van der Waals surface area contributed by atoms with Gasteiger partial charge < -0.3 is 9.47 Å². The van der Waals surface area contributed by atoms with Crippen molar-refractivity contribution in [1.82, 2.24) is 18.8 Å². The molecule has 2 aliphatic rings. The summed E-state index contributed by atoms with van der Waals surface area (Å²) in [5, 5.41) is -0.507. The number of sulfonamides is 1. The van der Waals surface area contributed by atoms with Crippen molar-refractivity contribution >= 4 is 15.9 Å². The first kappa shape index (κ1) is 16.4. The van der Waals surface area contributed by atoms with Crippen molar-refractivity contribution in [2.45, 2.75) is 43.9 Å². The third-order valence-electron chi connectivity index (χ3n) is 4.80. The molecule has 1 fully saturated rings. The zero-order valence-electron chi connectivity index (χ0n) is 13.7. The van der Waals surface area contributed by atoms with E-state index < -0.39 is 15.3 Å². The van der Waals surface area contributed by atoms with Crippen LogP contribution < -0.4 is 0 Å². The number of imidazole rings is 1. The van der Waals surface area contributed by atoms with Crippen LogP contribution in [0.1, 0.15) is 42.0 Å². The Morgan fingerprint density at radius 2 is 2.04 bits per heavy atom. The molecule has 0 aliphatic carbocycles. The first-order valence-electron chi connectivity index (χ1n) is 8.16. The quantitative estimate of drug-likeness (QED) is 0.812. The minimum atomic E-state index is -3.32. The minimum Gasteiger partial charge on any atom is -0.336 e. The van der Waals surface area contributed by atoms with Gasteiger partial charge in [0.1, 0.15) is 11.5 Å². The zero-order valence-corrected chi connectivity index (χ0v) is 14.5. The molecule has 3 rings (SSSR count). The number of aromatic nitrogens is 2. The molecule has 3 heterocycles. The van der Waals surface area contributed by atoms with Crippen molar-refractivity contribution in [2.24, 2.45) is 0 Å². The van der Waals surface area contributed by atoms with Gasteiger partial charge in [0.05, 0.1) is 11.4 Å². The van der Waals surface area contributed by atoms with Crippen LogP contribution in [-0.4, -0.2) is 65.5 Å². The molecule has 8 heteroatoms. The summed E-state index contributed by atoms with van der Waals surface area (Å²) in [5.41, 5.74) is 0.602. The first-order valence-corrected chi connectivity index (χ1v) is 9.66. The molecule has 1 atom stereocenters. The van der Waals surface area contributed by atoms with Crippen LogP contribution in [0, 0.1) is 0 Å². The topological polar surface area (TPSA) is 75.5 Å². The average molecular weight is 340 g/mol. The number of hydrogen-bond donors (Lipinski definition) is 0. The highest BCUT2D eigenvalue weighted by Crippen LogP contribution is 2.22. The van der Waals surface area contributed by atoms with Crippen LogP contribution in [0.2, 0.25) is 0 Å². The largest absolute Gasteiger partial charge is 0.336 e. The molecule has 128 valence electrons. The summed E-state index contributed by atoms with van der Waals surface area (Å²) in [5.74, 6) is 0.879. The van der Waals surface area contributed by atoms with Crippen molar-refractivity contribution in [1.29, 1.82) is 0 Å². The summed E-state index contributed by atoms with van der Waals surface area (Å²) < 4.78 is 27.7. The summed E-state index contributed by atoms with van der Waals surface area (Å²) in [6.07, 6.45) is 6.37. The monoisotopic (exact) mass is 340 g/mol. The second kappa shape index (κ2) is 6.24. The number of rotatable bonds is 3.